The third kappa shape index (κ3) is 55.4. The van der Waals surface area contributed by atoms with E-state index in [1.165, 1.54) is 96.3 Å². The van der Waals surface area contributed by atoms with Gasteiger partial charge in [0, 0.05) is 19.3 Å². The molecule has 0 aromatic rings. The van der Waals surface area contributed by atoms with Crippen molar-refractivity contribution in [2.24, 2.45) is 0 Å². The van der Waals surface area contributed by atoms with Gasteiger partial charge in [0.25, 0.3) is 0 Å². The summed E-state index contributed by atoms with van der Waals surface area (Å²) in [7, 11) is -4.77. The fourth-order valence-electron chi connectivity index (χ4n) is 8.14. The van der Waals surface area contributed by atoms with Crippen molar-refractivity contribution in [2.45, 2.75) is 277 Å². The molecular weight excluding hydrogens is 976 g/mol. The van der Waals surface area contributed by atoms with Gasteiger partial charge in [-0.05, 0) is 116 Å². The Kier molecular flexibility index (Phi) is 55.3. The lowest BCUT2D eigenvalue weighted by molar-refractivity contribution is -0.161. The number of rotatable bonds is 56. The molecule has 0 spiro atoms. The van der Waals surface area contributed by atoms with Gasteiger partial charge in [0.05, 0.1) is 19.8 Å². The summed E-state index contributed by atoms with van der Waals surface area (Å²) in [5, 5.41) is 9.82. The molecular formula is C64H111O11P. The summed E-state index contributed by atoms with van der Waals surface area (Å²) in [5.41, 5.74) is 0. The molecule has 0 saturated heterocycles. The van der Waals surface area contributed by atoms with Gasteiger partial charge in [0.15, 0.2) is 6.10 Å². The average Bonchev–Trinajstić information content (AvgIpc) is 3.41. The van der Waals surface area contributed by atoms with Crippen LogP contribution < -0.4 is 0 Å². The van der Waals surface area contributed by atoms with Crippen molar-refractivity contribution < 1.29 is 52.2 Å². The van der Waals surface area contributed by atoms with Crippen LogP contribution in [0.1, 0.15) is 265 Å². The molecule has 76 heavy (non-hydrogen) atoms. The van der Waals surface area contributed by atoms with E-state index in [2.05, 4.69) is 106 Å². The largest absolute Gasteiger partial charge is 0.472 e. The van der Waals surface area contributed by atoms with E-state index in [1.54, 1.807) is 0 Å². The predicted octanol–water partition coefficient (Wildman–Crippen LogP) is 18.3. The Labute approximate surface area is 464 Å². The van der Waals surface area contributed by atoms with Gasteiger partial charge < -0.3 is 24.2 Å². The summed E-state index contributed by atoms with van der Waals surface area (Å²) in [6, 6.07) is 0. The molecule has 438 valence electrons. The monoisotopic (exact) mass is 1090 g/mol. The average molecular weight is 1090 g/mol. The van der Waals surface area contributed by atoms with Gasteiger partial charge in [0.2, 0.25) is 0 Å². The van der Waals surface area contributed by atoms with Gasteiger partial charge in [0.1, 0.15) is 12.7 Å². The van der Waals surface area contributed by atoms with Gasteiger partial charge in [-0.2, -0.15) is 0 Å². The number of hydrogen-bond acceptors (Lipinski definition) is 10. The molecule has 0 aliphatic heterocycles. The fraction of sp³-hybridized carbons (Fsp3) is 0.734. The first-order chi connectivity index (χ1) is 37.2. The van der Waals surface area contributed by atoms with Crippen molar-refractivity contribution in [3.63, 3.8) is 0 Å². The molecule has 0 bridgehead atoms. The molecule has 0 heterocycles. The van der Waals surface area contributed by atoms with E-state index in [0.717, 1.165) is 109 Å². The smallest absolute Gasteiger partial charge is 0.462 e. The first-order valence-corrected chi connectivity index (χ1v) is 32.0. The molecule has 0 aliphatic carbocycles. The number of ether oxygens (including phenoxy) is 3. The third-order valence-corrected chi connectivity index (χ3v) is 13.7. The minimum Gasteiger partial charge on any atom is -0.462 e. The van der Waals surface area contributed by atoms with Crippen LogP contribution in [-0.2, 0) is 42.2 Å². The number of aliphatic hydroxyl groups is 1. The molecule has 0 fully saturated rings. The number of esters is 3. The Morgan fingerprint density at radius 1 is 0.382 bits per heavy atom. The highest BCUT2D eigenvalue weighted by Gasteiger charge is 2.28. The van der Waals surface area contributed by atoms with Gasteiger partial charge in [-0.15, -0.1) is 0 Å². The Morgan fingerprint density at radius 3 is 1.12 bits per heavy atom. The molecule has 0 radical (unpaired) electrons. The minimum atomic E-state index is -4.77. The van der Waals surface area contributed by atoms with Crippen molar-refractivity contribution in [1.29, 1.82) is 0 Å². The van der Waals surface area contributed by atoms with E-state index in [0.29, 0.717) is 19.3 Å². The van der Waals surface area contributed by atoms with Crippen LogP contribution >= 0.6 is 7.82 Å². The lowest BCUT2D eigenvalue weighted by Crippen LogP contribution is -2.30. The molecule has 0 aromatic heterocycles. The predicted molar refractivity (Wildman–Crippen MR) is 316 cm³/mol. The van der Waals surface area contributed by atoms with Crippen LogP contribution in [-0.4, -0.2) is 66.5 Å². The third-order valence-electron chi connectivity index (χ3n) is 12.8. The quantitative estimate of drug-likeness (QED) is 0.0197. The maximum Gasteiger partial charge on any atom is 0.472 e. The Bertz CT molecular complexity index is 1600. The second-order valence-electron chi connectivity index (χ2n) is 20.1. The van der Waals surface area contributed by atoms with Crippen LogP contribution in [0, 0.1) is 0 Å². The number of allylic oxidation sites excluding steroid dienone is 14. The zero-order chi connectivity index (χ0) is 55.5. The first kappa shape index (κ1) is 72.7. The van der Waals surface area contributed by atoms with Gasteiger partial charge in [-0.3, -0.25) is 23.4 Å². The van der Waals surface area contributed by atoms with Gasteiger partial charge in [-0.1, -0.05) is 215 Å². The molecule has 0 rings (SSSR count). The molecule has 12 heteroatoms. The molecule has 3 unspecified atom stereocenters. The highest BCUT2D eigenvalue weighted by molar-refractivity contribution is 7.47. The van der Waals surface area contributed by atoms with Gasteiger partial charge >= 0.3 is 25.7 Å². The van der Waals surface area contributed by atoms with E-state index in [9.17, 15) is 28.9 Å². The molecule has 0 aliphatic rings. The highest BCUT2D eigenvalue weighted by Crippen LogP contribution is 2.43. The second-order valence-corrected chi connectivity index (χ2v) is 21.6. The van der Waals surface area contributed by atoms with Crippen LogP contribution in [0.2, 0.25) is 0 Å². The summed E-state index contributed by atoms with van der Waals surface area (Å²) in [6.07, 6.45) is 66.8. The van der Waals surface area contributed by atoms with E-state index in [4.69, 9.17) is 23.3 Å². The Morgan fingerprint density at radius 2 is 0.684 bits per heavy atom. The fourth-order valence-corrected chi connectivity index (χ4v) is 8.92. The highest BCUT2D eigenvalue weighted by atomic mass is 31.2. The minimum absolute atomic E-state index is 0.122. The van der Waals surface area contributed by atoms with Crippen LogP contribution in [0.3, 0.4) is 0 Å². The lowest BCUT2D eigenvalue weighted by Gasteiger charge is -2.21. The number of carbonyl (C=O) groups is 3. The summed E-state index contributed by atoms with van der Waals surface area (Å²) < 4.78 is 39.6. The molecule has 3 atom stereocenters. The van der Waals surface area contributed by atoms with E-state index in [-0.39, 0.29) is 25.9 Å². The van der Waals surface area contributed by atoms with Crippen molar-refractivity contribution in [1.82, 2.24) is 0 Å². The zero-order valence-corrected chi connectivity index (χ0v) is 49.3. The molecule has 0 aromatic carbocycles. The normalized spacial score (nSPS) is 13.9. The summed E-state index contributed by atoms with van der Waals surface area (Å²) in [5.74, 6) is -1.52. The standard InChI is InChI=1S/C64H111O11P/c1-4-7-10-13-16-19-22-25-28-29-30-31-34-37-40-43-46-49-52-55-64(68)75-61(57-71-62(66)53-50-47-44-41-38-35-32-26-23-20-17-14-11-8-5-2)59-73-76(69,70)72-58-60(56-65)74-63(67)54-51-48-45-42-39-36-33-27-24-21-18-15-12-9-6-3/h9,12,16,18-19,21,25-28,32-33,39,42,60-61,65H,4-8,10-11,13-15,17,20,22-24,29-31,34-38,40-41,43-59H2,1-3H3,(H,69,70)/b12-9-,19-16-,21-18-,28-25-,32-26-,33-27-,42-39-. The van der Waals surface area contributed by atoms with Gasteiger partial charge in [-0.25, -0.2) is 4.57 Å². The zero-order valence-electron chi connectivity index (χ0n) is 48.5. The molecule has 11 nitrogen and oxygen atoms in total. The van der Waals surface area contributed by atoms with Crippen molar-refractivity contribution in [2.75, 3.05) is 26.4 Å². The number of aliphatic hydroxyl groups excluding tert-OH is 1. The molecule has 2 N–H and O–H groups in total. The maximum atomic E-state index is 12.9. The van der Waals surface area contributed by atoms with Crippen molar-refractivity contribution in [3.05, 3.63) is 85.1 Å². The van der Waals surface area contributed by atoms with Crippen LogP contribution in [0.15, 0.2) is 85.1 Å². The Hall–Kier alpha value is -3.34. The Balaban J connectivity index is 4.76. The maximum absolute atomic E-state index is 12.9. The second kappa shape index (κ2) is 57.8. The SMILES string of the molecule is CC/C=C\C/C=C\C/C=C\C/C=C\CCCCC(=O)OC(CO)COP(=O)(O)OCC(COC(=O)CCCCCCC/C=C\CCCCCCCC)OC(=O)CCCCCCCCCCC/C=C\C/C=C\CCCCC. The number of carbonyl (C=O) groups excluding carboxylic acids is 3. The molecule has 0 saturated carbocycles. The van der Waals surface area contributed by atoms with E-state index >= 15 is 0 Å². The topological polar surface area (TPSA) is 155 Å². The summed E-state index contributed by atoms with van der Waals surface area (Å²) in [4.78, 5) is 48.6. The van der Waals surface area contributed by atoms with Crippen LogP contribution in [0.4, 0.5) is 0 Å². The molecule has 0 amide bonds. The number of phosphoric ester groups is 1. The van der Waals surface area contributed by atoms with Crippen molar-refractivity contribution >= 4 is 25.7 Å². The number of phosphoric acid groups is 1. The number of hydrogen-bond donors (Lipinski definition) is 2. The van der Waals surface area contributed by atoms with Crippen LogP contribution in [0.5, 0.6) is 0 Å². The van der Waals surface area contributed by atoms with E-state index < -0.39 is 57.8 Å². The van der Waals surface area contributed by atoms with Crippen molar-refractivity contribution in [3.8, 4) is 0 Å². The summed E-state index contributed by atoms with van der Waals surface area (Å²) in [6.45, 7) is 4.46. The first-order valence-electron chi connectivity index (χ1n) is 30.5. The summed E-state index contributed by atoms with van der Waals surface area (Å²) >= 11 is 0. The lowest BCUT2D eigenvalue weighted by atomic mass is 10.1. The van der Waals surface area contributed by atoms with Crippen LogP contribution in [0.25, 0.3) is 0 Å². The van der Waals surface area contributed by atoms with E-state index in [1.807, 2.05) is 0 Å². The number of unbranched alkanes of at least 4 members (excludes halogenated alkanes) is 25.